The van der Waals surface area contributed by atoms with Crippen LogP contribution in [0.5, 0.6) is 0 Å². The zero-order chi connectivity index (χ0) is 13.3. The molecule has 1 aromatic heterocycles. The van der Waals surface area contributed by atoms with Gasteiger partial charge in [-0.1, -0.05) is 6.07 Å². The Kier molecular flexibility index (Phi) is 3.18. The van der Waals surface area contributed by atoms with E-state index >= 15 is 0 Å². The molecule has 0 bridgehead atoms. The van der Waals surface area contributed by atoms with Crippen LogP contribution in [0.3, 0.4) is 0 Å². The second-order valence-electron chi connectivity index (χ2n) is 4.36. The summed E-state index contributed by atoms with van der Waals surface area (Å²) in [5, 5.41) is 8.89. The molecule has 0 aliphatic carbocycles. The summed E-state index contributed by atoms with van der Waals surface area (Å²) in [4.78, 5) is 30.2. The molecule has 1 aliphatic heterocycles. The molecule has 6 nitrogen and oxygen atoms in total. The molecule has 1 amide bonds. The van der Waals surface area contributed by atoms with Crippen LogP contribution in [-0.2, 0) is 4.79 Å². The summed E-state index contributed by atoms with van der Waals surface area (Å²) in [5.74, 6) is -0.524. The normalized spacial score (nSPS) is 19.1. The largest absolute Gasteiger partial charge is 0.477 e. The Morgan fingerprint density at radius 1 is 1.56 bits per heavy atom. The van der Waals surface area contributed by atoms with Crippen molar-refractivity contribution in [3.8, 4) is 0 Å². The van der Waals surface area contributed by atoms with E-state index in [4.69, 9.17) is 5.11 Å². The van der Waals surface area contributed by atoms with Gasteiger partial charge in [0.1, 0.15) is 11.9 Å². The van der Waals surface area contributed by atoms with Gasteiger partial charge in [0.2, 0.25) is 5.91 Å². The highest BCUT2D eigenvalue weighted by Crippen LogP contribution is 2.20. The average Bonchev–Trinajstić information content (AvgIpc) is 2.69. The van der Waals surface area contributed by atoms with Crippen LogP contribution >= 0.6 is 0 Å². The van der Waals surface area contributed by atoms with Crippen LogP contribution in [0.4, 0.5) is 5.82 Å². The summed E-state index contributed by atoms with van der Waals surface area (Å²) in [7, 11) is 3.52. The van der Waals surface area contributed by atoms with Crippen LogP contribution in [0, 0.1) is 0 Å². The Bertz CT molecular complexity index is 489. The molecule has 0 spiro atoms. The summed E-state index contributed by atoms with van der Waals surface area (Å²) < 4.78 is 0. The standard InChI is InChI=1S/C12H15N3O3/c1-14-7-6-9(11(14)16)15(2)10-5-3-4-8(13-10)12(17)18/h3-5,9H,6-7H2,1-2H3,(H,17,18). The molecule has 1 saturated heterocycles. The molecule has 1 unspecified atom stereocenters. The Morgan fingerprint density at radius 3 is 2.83 bits per heavy atom. The molecule has 1 fully saturated rings. The van der Waals surface area contributed by atoms with Gasteiger partial charge in [-0.2, -0.15) is 0 Å². The number of carbonyl (C=O) groups excluding carboxylic acids is 1. The van der Waals surface area contributed by atoms with Crippen molar-refractivity contribution < 1.29 is 14.7 Å². The summed E-state index contributed by atoms with van der Waals surface area (Å²) in [5.41, 5.74) is -0.0156. The number of carbonyl (C=O) groups is 2. The predicted molar refractivity (Wildman–Crippen MR) is 65.6 cm³/mol. The molecule has 0 radical (unpaired) electrons. The number of nitrogens with zero attached hydrogens (tertiary/aromatic N) is 3. The lowest BCUT2D eigenvalue weighted by Crippen LogP contribution is -2.39. The summed E-state index contributed by atoms with van der Waals surface area (Å²) in [6, 6.07) is 4.51. The smallest absolute Gasteiger partial charge is 0.354 e. The van der Waals surface area contributed by atoms with Gasteiger partial charge in [-0.05, 0) is 18.6 Å². The van der Waals surface area contributed by atoms with Crippen LogP contribution in [0.15, 0.2) is 18.2 Å². The highest BCUT2D eigenvalue weighted by molar-refractivity contribution is 5.88. The maximum Gasteiger partial charge on any atom is 0.354 e. The minimum Gasteiger partial charge on any atom is -0.477 e. The van der Waals surface area contributed by atoms with Gasteiger partial charge in [0.15, 0.2) is 5.69 Å². The Hall–Kier alpha value is -2.11. The van der Waals surface area contributed by atoms with E-state index in [-0.39, 0.29) is 17.6 Å². The maximum absolute atomic E-state index is 11.9. The van der Waals surface area contributed by atoms with E-state index in [0.29, 0.717) is 12.4 Å². The molecule has 1 N–H and O–H groups in total. The summed E-state index contributed by atoms with van der Waals surface area (Å²) in [6.07, 6.45) is 0.727. The monoisotopic (exact) mass is 249 g/mol. The number of hydrogen-bond acceptors (Lipinski definition) is 4. The predicted octanol–water partition coefficient (Wildman–Crippen LogP) is 0.447. The lowest BCUT2D eigenvalue weighted by molar-refractivity contribution is -0.127. The number of aromatic carboxylic acids is 1. The van der Waals surface area contributed by atoms with Gasteiger partial charge in [-0.15, -0.1) is 0 Å². The average molecular weight is 249 g/mol. The number of carboxylic acids is 1. The highest BCUT2D eigenvalue weighted by Gasteiger charge is 2.32. The third-order valence-electron chi connectivity index (χ3n) is 3.18. The van der Waals surface area contributed by atoms with Crippen molar-refractivity contribution in [3.63, 3.8) is 0 Å². The molecule has 1 atom stereocenters. The SMILES string of the molecule is CN1CCC(N(C)c2cccc(C(=O)O)n2)C1=O. The Morgan fingerprint density at radius 2 is 2.28 bits per heavy atom. The number of hydrogen-bond donors (Lipinski definition) is 1. The first-order chi connectivity index (χ1) is 8.50. The van der Waals surface area contributed by atoms with Crippen molar-refractivity contribution in [2.75, 3.05) is 25.5 Å². The third kappa shape index (κ3) is 2.13. The zero-order valence-corrected chi connectivity index (χ0v) is 10.3. The van der Waals surface area contributed by atoms with E-state index in [1.807, 2.05) is 0 Å². The maximum atomic E-state index is 11.9. The van der Waals surface area contributed by atoms with Crippen molar-refractivity contribution in [2.45, 2.75) is 12.5 Å². The molecule has 18 heavy (non-hydrogen) atoms. The first kappa shape index (κ1) is 12.3. The minimum atomic E-state index is -1.07. The number of likely N-dealkylation sites (tertiary alicyclic amines) is 1. The lowest BCUT2D eigenvalue weighted by atomic mass is 10.2. The van der Waals surface area contributed by atoms with Gasteiger partial charge in [0, 0.05) is 20.6 Å². The molecule has 0 aromatic carbocycles. The van der Waals surface area contributed by atoms with Crippen LogP contribution < -0.4 is 4.90 Å². The zero-order valence-electron chi connectivity index (χ0n) is 10.3. The van der Waals surface area contributed by atoms with Gasteiger partial charge in [0.25, 0.3) is 0 Å². The van der Waals surface area contributed by atoms with Crippen molar-refractivity contribution in [3.05, 3.63) is 23.9 Å². The van der Waals surface area contributed by atoms with E-state index in [0.717, 1.165) is 6.42 Å². The number of anilines is 1. The van der Waals surface area contributed by atoms with Crippen molar-refractivity contribution in [1.29, 1.82) is 0 Å². The number of rotatable bonds is 3. The molecular weight excluding hydrogens is 234 g/mol. The quantitative estimate of drug-likeness (QED) is 0.841. The van der Waals surface area contributed by atoms with Gasteiger partial charge in [-0.25, -0.2) is 9.78 Å². The van der Waals surface area contributed by atoms with Crippen LogP contribution in [0.2, 0.25) is 0 Å². The number of likely N-dealkylation sites (N-methyl/N-ethyl adjacent to an activating group) is 2. The Balaban J connectivity index is 2.23. The molecule has 1 aromatic rings. The third-order valence-corrected chi connectivity index (χ3v) is 3.18. The lowest BCUT2D eigenvalue weighted by Gasteiger charge is -2.24. The second kappa shape index (κ2) is 4.64. The number of aromatic nitrogens is 1. The van der Waals surface area contributed by atoms with E-state index in [2.05, 4.69) is 4.98 Å². The first-order valence-electron chi connectivity index (χ1n) is 5.69. The molecule has 96 valence electrons. The fourth-order valence-corrected chi connectivity index (χ4v) is 2.06. The van der Waals surface area contributed by atoms with Crippen molar-refractivity contribution in [2.24, 2.45) is 0 Å². The second-order valence-corrected chi connectivity index (χ2v) is 4.36. The number of carboxylic acid groups (broad SMARTS) is 1. The van der Waals surface area contributed by atoms with E-state index in [1.54, 1.807) is 36.0 Å². The fourth-order valence-electron chi connectivity index (χ4n) is 2.06. The van der Waals surface area contributed by atoms with Crippen LogP contribution in [0.1, 0.15) is 16.9 Å². The van der Waals surface area contributed by atoms with Gasteiger partial charge < -0.3 is 14.9 Å². The molecule has 2 rings (SSSR count). The molecule has 0 saturated carbocycles. The van der Waals surface area contributed by atoms with E-state index in [9.17, 15) is 9.59 Å². The van der Waals surface area contributed by atoms with Gasteiger partial charge >= 0.3 is 5.97 Å². The summed E-state index contributed by atoms with van der Waals surface area (Å²) in [6.45, 7) is 0.715. The van der Waals surface area contributed by atoms with Gasteiger partial charge in [-0.3, -0.25) is 4.79 Å². The number of amides is 1. The van der Waals surface area contributed by atoms with E-state index < -0.39 is 5.97 Å². The van der Waals surface area contributed by atoms with Crippen molar-refractivity contribution >= 4 is 17.7 Å². The number of pyridine rings is 1. The molecule has 6 heteroatoms. The van der Waals surface area contributed by atoms with Crippen LogP contribution in [0.25, 0.3) is 0 Å². The fraction of sp³-hybridized carbons (Fsp3) is 0.417. The first-order valence-corrected chi connectivity index (χ1v) is 5.69. The van der Waals surface area contributed by atoms with E-state index in [1.165, 1.54) is 6.07 Å². The topological polar surface area (TPSA) is 73.7 Å². The Labute approximate surface area is 105 Å². The molecule has 1 aliphatic rings. The minimum absolute atomic E-state index is 0.0156. The summed E-state index contributed by atoms with van der Waals surface area (Å²) >= 11 is 0. The van der Waals surface area contributed by atoms with Gasteiger partial charge in [0.05, 0.1) is 0 Å². The van der Waals surface area contributed by atoms with Crippen molar-refractivity contribution in [1.82, 2.24) is 9.88 Å². The van der Waals surface area contributed by atoms with Crippen LogP contribution in [-0.4, -0.2) is 53.5 Å². The highest BCUT2D eigenvalue weighted by atomic mass is 16.4. The molecular formula is C12H15N3O3. The molecule has 2 heterocycles.